The molecule has 18 heavy (non-hydrogen) atoms. The van der Waals surface area contributed by atoms with Crippen molar-refractivity contribution in [1.82, 2.24) is 15.0 Å². The van der Waals surface area contributed by atoms with Gasteiger partial charge >= 0.3 is 0 Å². The molecule has 2 rings (SSSR count). The van der Waals surface area contributed by atoms with Crippen LogP contribution in [0, 0.1) is 6.92 Å². The summed E-state index contributed by atoms with van der Waals surface area (Å²) in [6.07, 6.45) is 3.39. The average Bonchev–Trinajstić information content (AvgIpc) is 2.36. The fraction of sp³-hybridized carbons (Fsp3) is 0.167. The second-order valence-corrected chi connectivity index (χ2v) is 3.78. The molecule has 0 radical (unpaired) electrons. The van der Waals surface area contributed by atoms with E-state index in [0.717, 1.165) is 11.3 Å². The number of H-pyrrole nitrogens is 1. The third-order valence-corrected chi connectivity index (χ3v) is 2.30. The van der Waals surface area contributed by atoms with E-state index < -0.39 is 0 Å². The second-order valence-electron chi connectivity index (χ2n) is 3.78. The molecule has 2 aromatic heterocycles. The molecular formula is C12H13N5O. The first-order chi connectivity index (χ1) is 8.65. The van der Waals surface area contributed by atoms with Gasteiger partial charge in [0.15, 0.2) is 0 Å². The van der Waals surface area contributed by atoms with Gasteiger partial charge < -0.3 is 0 Å². The molecular weight excluding hydrogens is 230 g/mol. The number of hydrogen-bond acceptors (Lipinski definition) is 5. The lowest BCUT2D eigenvalue weighted by molar-refractivity contribution is 1.04. The molecule has 0 aliphatic carbocycles. The van der Waals surface area contributed by atoms with E-state index in [1.807, 2.05) is 19.1 Å². The first-order valence-electron chi connectivity index (χ1n) is 5.44. The number of aryl methyl sites for hydroxylation is 1. The highest BCUT2D eigenvalue weighted by molar-refractivity contribution is 5.98. The Balaban J connectivity index is 2.18. The number of hydrazone groups is 1. The summed E-state index contributed by atoms with van der Waals surface area (Å²) in [5.74, 6) is 0.327. The van der Waals surface area contributed by atoms with Crippen molar-refractivity contribution < 1.29 is 0 Å². The largest absolute Gasteiger partial charge is 0.291 e. The fourth-order valence-electron chi connectivity index (χ4n) is 1.43. The van der Waals surface area contributed by atoms with Crippen LogP contribution in [0.25, 0.3) is 0 Å². The topological polar surface area (TPSA) is 83.0 Å². The molecule has 0 spiro atoms. The molecule has 6 nitrogen and oxygen atoms in total. The molecule has 0 amide bonds. The molecule has 2 N–H and O–H groups in total. The quantitative estimate of drug-likeness (QED) is 0.629. The van der Waals surface area contributed by atoms with Crippen molar-refractivity contribution in [1.29, 1.82) is 0 Å². The van der Waals surface area contributed by atoms with Crippen LogP contribution in [0.15, 0.2) is 40.5 Å². The lowest BCUT2D eigenvalue weighted by Crippen LogP contribution is -2.11. The van der Waals surface area contributed by atoms with Gasteiger partial charge in [-0.3, -0.25) is 14.8 Å². The predicted molar refractivity (Wildman–Crippen MR) is 69.7 cm³/mol. The summed E-state index contributed by atoms with van der Waals surface area (Å²) < 4.78 is 0. The van der Waals surface area contributed by atoms with Crippen molar-refractivity contribution in [2.45, 2.75) is 13.8 Å². The van der Waals surface area contributed by atoms with E-state index in [0.29, 0.717) is 11.6 Å². The van der Waals surface area contributed by atoms with Crippen LogP contribution in [-0.4, -0.2) is 20.7 Å². The standard InChI is InChI=1S/C12H13N5O/c1-8-7-11(18)15-12(14-8)17-16-9(2)10-3-5-13-6-4-10/h3-7H,1-2H3,(H2,14,15,17,18)/b16-9+. The first kappa shape index (κ1) is 12.0. The van der Waals surface area contributed by atoms with Gasteiger partial charge in [-0.1, -0.05) is 0 Å². The van der Waals surface area contributed by atoms with Gasteiger partial charge in [0.1, 0.15) is 0 Å². The average molecular weight is 243 g/mol. The van der Waals surface area contributed by atoms with E-state index in [-0.39, 0.29) is 5.56 Å². The summed E-state index contributed by atoms with van der Waals surface area (Å²) in [6, 6.07) is 5.13. The third kappa shape index (κ3) is 3.00. The molecule has 92 valence electrons. The van der Waals surface area contributed by atoms with E-state index in [9.17, 15) is 4.79 Å². The smallest absolute Gasteiger partial charge is 0.252 e. The Morgan fingerprint density at radius 1 is 1.39 bits per heavy atom. The maximum absolute atomic E-state index is 11.2. The van der Waals surface area contributed by atoms with Gasteiger partial charge in [-0.15, -0.1) is 0 Å². The molecule has 0 aromatic carbocycles. The summed E-state index contributed by atoms with van der Waals surface area (Å²) in [5.41, 5.74) is 4.89. The molecule has 0 bridgehead atoms. The predicted octanol–water partition coefficient (Wildman–Crippen LogP) is 1.31. The third-order valence-electron chi connectivity index (χ3n) is 2.30. The number of aromatic amines is 1. The highest BCUT2D eigenvalue weighted by Crippen LogP contribution is 2.01. The maximum atomic E-state index is 11.2. The Labute approximate surface area is 104 Å². The summed E-state index contributed by atoms with van der Waals surface area (Å²) in [4.78, 5) is 21.8. The van der Waals surface area contributed by atoms with Crippen molar-refractivity contribution in [3.63, 3.8) is 0 Å². The van der Waals surface area contributed by atoms with Crippen LogP contribution >= 0.6 is 0 Å². The summed E-state index contributed by atoms with van der Waals surface area (Å²) in [6.45, 7) is 3.61. The van der Waals surface area contributed by atoms with E-state index in [2.05, 4.69) is 25.5 Å². The second kappa shape index (κ2) is 5.22. The number of nitrogens with one attached hydrogen (secondary N) is 2. The molecule has 6 heteroatoms. The van der Waals surface area contributed by atoms with Gasteiger partial charge in [0, 0.05) is 29.7 Å². The Kier molecular flexibility index (Phi) is 3.47. The molecule has 0 saturated heterocycles. The SMILES string of the molecule is C/C(=N\Nc1nc(C)cc(=O)[nH]1)c1ccncc1. The van der Waals surface area contributed by atoms with Gasteiger partial charge in [0.25, 0.3) is 5.56 Å². The molecule has 0 fully saturated rings. The maximum Gasteiger partial charge on any atom is 0.252 e. The van der Waals surface area contributed by atoms with Crippen molar-refractivity contribution >= 4 is 11.7 Å². The Hall–Kier alpha value is -2.50. The van der Waals surface area contributed by atoms with E-state index >= 15 is 0 Å². The van der Waals surface area contributed by atoms with Crippen LogP contribution in [0.4, 0.5) is 5.95 Å². The molecule has 0 unspecified atom stereocenters. The Morgan fingerprint density at radius 3 is 2.78 bits per heavy atom. The van der Waals surface area contributed by atoms with Crippen LogP contribution in [0.3, 0.4) is 0 Å². The minimum atomic E-state index is -0.207. The molecule has 0 aliphatic heterocycles. The minimum absolute atomic E-state index is 0.207. The monoisotopic (exact) mass is 243 g/mol. The number of pyridine rings is 1. The highest BCUT2D eigenvalue weighted by atomic mass is 16.1. The van der Waals surface area contributed by atoms with Crippen LogP contribution in [0.5, 0.6) is 0 Å². The molecule has 2 aromatic rings. The fourth-order valence-corrected chi connectivity index (χ4v) is 1.43. The van der Waals surface area contributed by atoms with Gasteiger partial charge in [-0.2, -0.15) is 5.10 Å². The van der Waals surface area contributed by atoms with Crippen LogP contribution in [0.1, 0.15) is 18.2 Å². The van der Waals surface area contributed by atoms with Gasteiger partial charge in [-0.25, -0.2) is 10.4 Å². The molecule has 0 aliphatic rings. The zero-order valence-corrected chi connectivity index (χ0v) is 10.1. The number of anilines is 1. The number of hydrogen-bond donors (Lipinski definition) is 2. The zero-order valence-electron chi connectivity index (χ0n) is 10.1. The van der Waals surface area contributed by atoms with Crippen molar-refractivity contribution in [2.75, 3.05) is 5.43 Å². The lowest BCUT2D eigenvalue weighted by Gasteiger charge is -2.02. The molecule has 0 saturated carbocycles. The van der Waals surface area contributed by atoms with E-state index in [1.165, 1.54) is 6.07 Å². The highest BCUT2D eigenvalue weighted by Gasteiger charge is 1.98. The molecule has 2 heterocycles. The summed E-state index contributed by atoms with van der Waals surface area (Å²) in [7, 11) is 0. The van der Waals surface area contributed by atoms with Crippen molar-refractivity contribution in [2.24, 2.45) is 5.10 Å². The lowest BCUT2D eigenvalue weighted by atomic mass is 10.2. The summed E-state index contributed by atoms with van der Waals surface area (Å²) in [5, 5.41) is 4.15. The zero-order chi connectivity index (χ0) is 13.0. The number of aromatic nitrogens is 3. The van der Waals surface area contributed by atoms with E-state index in [1.54, 1.807) is 19.3 Å². The number of nitrogens with zero attached hydrogens (tertiary/aromatic N) is 3. The van der Waals surface area contributed by atoms with Crippen LogP contribution < -0.4 is 11.0 Å². The number of rotatable bonds is 3. The molecule has 0 atom stereocenters. The Morgan fingerprint density at radius 2 is 2.11 bits per heavy atom. The van der Waals surface area contributed by atoms with Crippen LogP contribution in [-0.2, 0) is 0 Å². The normalized spacial score (nSPS) is 11.3. The van der Waals surface area contributed by atoms with Crippen molar-refractivity contribution in [3.05, 3.63) is 52.2 Å². The first-order valence-corrected chi connectivity index (χ1v) is 5.44. The summed E-state index contributed by atoms with van der Waals surface area (Å²) >= 11 is 0. The van der Waals surface area contributed by atoms with Crippen molar-refractivity contribution in [3.8, 4) is 0 Å². The van der Waals surface area contributed by atoms with E-state index in [4.69, 9.17) is 0 Å². The van der Waals surface area contributed by atoms with Gasteiger partial charge in [0.2, 0.25) is 5.95 Å². The van der Waals surface area contributed by atoms with Gasteiger partial charge in [-0.05, 0) is 26.0 Å². The van der Waals surface area contributed by atoms with Crippen LogP contribution in [0.2, 0.25) is 0 Å². The van der Waals surface area contributed by atoms with Gasteiger partial charge in [0.05, 0.1) is 5.71 Å². The Bertz CT molecular complexity index is 618. The minimum Gasteiger partial charge on any atom is -0.291 e.